The molecule has 0 bridgehead atoms. The van der Waals surface area contributed by atoms with Gasteiger partial charge in [-0.1, -0.05) is 31.7 Å². The van der Waals surface area contributed by atoms with Crippen LogP contribution in [0.15, 0.2) is 24.4 Å². The zero-order chi connectivity index (χ0) is 16.8. The van der Waals surface area contributed by atoms with E-state index in [1.807, 2.05) is 18.2 Å². The summed E-state index contributed by atoms with van der Waals surface area (Å²) in [5.41, 5.74) is -0.862. The Morgan fingerprint density at radius 2 is 2.17 bits per heavy atom. The SMILES string of the molecule is O=C(CCC1CCCC1)NC[C@]1(O)CCCN(c2ccccn2)C1. The second kappa shape index (κ2) is 7.97. The molecule has 0 spiro atoms. The number of hydrogen-bond acceptors (Lipinski definition) is 4. The first-order valence-corrected chi connectivity index (χ1v) is 9.30. The van der Waals surface area contributed by atoms with Gasteiger partial charge in [-0.3, -0.25) is 4.79 Å². The van der Waals surface area contributed by atoms with Crippen LogP contribution in [0.5, 0.6) is 0 Å². The monoisotopic (exact) mass is 331 g/mol. The molecule has 1 aromatic rings. The highest BCUT2D eigenvalue weighted by Gasteiger charge is 2.34. The van der Waals surface area contributed by atoms with E-state index < -0.39 is 5.60 Å². The molecule has 1 saturated carbocycles. The minimum atomic E-state index is -0.862. The number of piperidine rings is 1. The third-order valence-corrected chi connectivity index (χ3v) is 5.40. The van der Waals surface area contributed by atoms with E-state index in [-0.39, 0.29) is 5.91 Å². The van der Waals surface area contributed by atoms with Crippen molar-refractivity contribution in [3.63, 3.8) is 0 Å². The molecule has 132 valence electrons. The number of rotatable bonds is 6. The summed E-state index contributed by atoms with van der Waals surface area (Å²) in [6, 6.07) is 5.82. The van der Waals surface area contributed by atoms with Crippen molar-refractivity contribution in [3.8, 4) is 0 Å². The quantitative estimate of drug-likeness (QED) is 0.840. The van der Waals surface area contributed by atoms with Crippen molar-refractivity contribution in [2.45, 2.75) is 57.0 Å². The molecule has 1 amide bonds. The number of amides is 1. The molecule has 5 nitrogen and oxygen atoms in total. The molecule has 5 heteroatoms. The summed E-state index contributed by atoms with van der Waals surface area (Å²) in [6.07, 6.45) is 10.2. The summed E-state index contributed by atoms with van der Waals surface area (Å²) >= 11 is 0. The summed E-state index contributed by atoms with van der Waals surface area (Å²) in [5, 5.41) is 13.8. The Bertz CT molecular complexity index is 531. The largest absolute Gasteiger partial charge is 0.386 e. The highest BCUT2D eigenvalue weighted by atomic mass is 16.3. The van der Waals surface area contributed by atoms with Crippen LogP contribution in [0.1, 0.15) is 51.4 Å². The number of carbonyl (C=O) groups excluding carboxylic acids is 1. The number of nitrogens with zero attached hydrogens (tertiary/aromatic N) is 2. The zero-order valence-electron chi connectivity index (χ0n) is 14.4. The fourth-order valence-electron chi connectivity index (χ4n) is 3.98. The van der Waals surface area contributed by atoms with Crippen molar-refractivity contribution >= 4 is 11.7 Å². The number of hydrogen-bond donors (Lipinski definition) is 2. The van der Waals surface area contributed by atoms with Crippen LogP contribution in [0.2, 0.25) is 0 Å². The van der Waals surface area contributed by atoms with Gasteiger partial charge in [-0.15, -0.1) is 0 Å². The van der Waals surface area contributed by atoms with Gasteiger partial charge in [0.15, 0.2) is 0 Å². The van der Waals surface area contributed by atoms with Crippen LogP contribution in [0.4, 0.5) is 5.82 Å². The molecule has 1 aromatic heterocycles. The van der Waals surface area contributed by atoms with Gasteiger partial charge in [-0.2, -0.15) is 0 Å². The molecule has 2 aliphatic rings. The van der Waals surface area contributed by atoms with Gasteiger partial charge in [0.05, 0.1) is 5.60 Å². The van der Waals surface area contributed by atoms with Gasteiger partial charge in [0.25, 0.3) is 0 Å². The van der Waals surface area contributed by atoms with E-state index in [4.69, 9.17) is 0 Å². The highest BCUT2D eigenvalue weighted by molar-refractivity contribution is 5.75. The van der Waals surface area contributed by atoms with Crippen LogP contribution in [0.25, 0.3) is 0 Å². The standard InChI is InChI=1S/C19H29N3O2/c23-18(10-9-16-6-1-2-7-16)21-14-19(24)11-5-13-22(15-19)17-8-3-4-12-20-17/h3-4,8,12,16,24H,1-2,5-7,9-11,13-15H2,(H,21,23)/t19-/m1/s1. The van der Waals surface area contributed by atoms with Crippen molar-refractivity contribution in [2.75, 3.05) is 24.5 Å². The molecule has 3 rings (SSSR count). The molecule has 2 fully saturated rings. The van der Waals surface area contributed by atoms with Gasteiger partial charge in [0.2, 0.25) is 5.91 Å². The lowest BCUT2D eigenvalue weighted by Crippen LogP contribution is -2.54. The average Bonchev–Trinajstić information content (AvgIpc) is 3.13. The number of pyridine rings is 1. The van der Waals surface area contributed by atoms with E-state index in [1.54, 1.807) is 6.20 Å². The van der Waals surface area contributed by atoms with Gasteiger partial charge >= 0.3 is 0 Å². The van der Waals surface area contributed by atoms with Gasteiger partial charge < -0.3 is 15.3 Å². The molecule has 1 aliphatic heterocycles. The van der Waals surface area contributed by atoms with E-state index in [0.29, 0.717) is 19.5 Å². The predicted octanol–water partition coefficient (Wildman–Crippen LogP) is 2.50. The molecule has 1 saturated heterocycles. The Labute approximate surface area is 144 Å². The smallest absolute Gasteiger partial charge is 0.220 e. The van der Waals surface area contributed by atoms with Crippen molar-refractivity contribution in [2.24, 2.45) is 5.92 Å². The number of carbonyl (C=O) groups is 1. The fourth-order valence-corrected chi connectivity index (χ4v) is 3.98. The molecular formula is C19H29N3O2. The molecule has 0 unspecified atom stereocenters. The van der Waals surface area contributed by atoms with Gasteiger partial charge in [-0.05, 0) is 37.3 Å². The van der Waals surface area contributed by atoms with E-state index in [0.717, 1.165) is 37.5 Å². The maximum atomic E-state index is 12.1. The van der Waals surface area contributed by atoms with Crippen LogP contribution in [-0.4, -0.2) is 41.2 Å². The third kappa shape index (κ3) is 4.69. The van der Waals surface area contributed by atoms with E-state index in [2.05, 4.69) is 15.2 Å². The van der Waals surface area contributed by atoms with Crippen LogP contribution in [-0.2, 0) is 4.79 Å². The third-order valence-electron chi connectivity index (χ3n) is 5.40. The second-order valence-electron chi connectivity index (χ2n) is 7.40. The minimum absolute atomic E-state index is 0.0743. The maximum Gasteiger partial charge on any atom is 0.220 e. The summed E-state index contributed by atoms with van der Waals surface area (Å²) in [7, 11) is 0. The predicted molar refractivity (Wildman–Crippen MR) is 94.8 cm³/mol. The summed E-state index contributed by atoms with van der Waals surface area (Å²) in [6.45, 7) is 1.75. The van der Waals surface area contributed by atoms with Crippen molar-refractivity contribution < 1.29 is 9.90 Å². The molecule has 24 heavy (non-hydrogen) atoms. The van der Waals surface area contributed by atoms with Crippen LogP contribution in [0, 0.1) is 5.92 Å². The molecule has 0 radical (unpaired) electrons. The van der Waals surface area contributed by atoms with Crippen molar-refractivity contribution in [1.82, 2.24) is 10.3 Å². The van der Waals surface area contributed by atoms with Gasteiger partial charge in [0.1, 0.15) is 5.82 Å². The van der Waals surface area contributed by atoms with E-state index in [9.17, 15) is 9.90 Å². The first-order valence-electron chi connectivity index (χ1n) is 9.30. The fraction of sp³-hybridized carbons (Fsp3) is 0.684. The first-order chi connectivity index (χ1) is 11.6. The number of aromatic nitrogens is 1. The number of nitrogens with one attached hydrogen (secondary N) is 1. The summed E-state index contributed by atoms with van der Waals surface area (Å²) in [5.74, 6) is 1.70. The lowest BCUT2D eigenvalue weighted by molar-refractivity contribution is -0.122. The Kier molecular flexibility index (Phi) is 5.72. The van der Waals surface area contributed by atoms with Gasteiger partial charge in [0, 0.05) is 32.3 Å². The van der Waals surface area contributed by atoms with E-state index in [1.165, 1.54) is 25.7 Å². The van der Waals surface area contributed by atoms with E-state index >= 15 is 0 Å². The van der Waals surface area contributed by atoms with Crippen molar-refractivity contribution in [3.05, 3.63) is 24.4 Å². The topological polar surface area (TPSA) is 65.5 Å². The maximum absolute atomic E-state index is 12.1. The number of aliphatic hydroxyl groups is 1. The minimum Gasteiger partial charge on any atom is -0.386 e. The van der Waals surface area contributed by atoms with Crippen LogP contribution < -0.4 is 10.2 Å². The Morgan fingerprint density at radius 1 is 1.33 bits per heavy atom. The Balaban J connectivity index is 1.45. The lowest BCUT2D eigenvalue weighted by atomic mass is 9.92. The Hall–Kier alpha value is -1.62. The molecule has 1 atom stereocenters. The Morgan fingerprint density at radius 3 is 2.92 bits per heavy atom. The van der Waals surface area contributed by atoms with Crippen LogP contribution in [0.3, 0.4) is 0 Å². The second-order valence-corrected chi connectivity index (χ2v) is 7.40. The molecule has 2 heterocycles. The zero-order valence-corrected chi connectivity index (χ0v) is 14.4. The normalized spacial score (nSPS) is 25.0. The summed E-state index contributed by atoms with van der Waals surface area (Å²) < 4.78 is 0. The first kappa shape index (κ1) is 17.2. The number of anilines is 1. The highest BCUT2D eigenvalue weighted by Crippen LogP contribution is 2.28. The molecule has 2 N–H and O–H groups in total. The molecular weight excluding hydrogens is 302 g/mol. The summed E-state index contributed by atoms with van der Waals surface area (Å²) in [4.78, 5) is 18.6. The van der Waals surface area contributed by atoms with Crippen LogP contribution >= 0.6 is 0 Å². The number of β-amino-alcohol motifs (C(OH)–C–C–N with tert-alkyl or cyclic N) is 1. The van der Waals surface area contributed by atoms with Gasteiger partial charge in [-0.25, -0.2) is 4.98 Å². The molecule has 0 aromatic carbocycles. The van der Waals surface area contributed by atoms with Crippen molar-refractivity contribution in [1.29, 1.82) is 0 Å². The lowest BCUT2D eigenvalue weighted by Gasteiger charge is -2.39. The molecule has 1 aliphatic carbocycles. The average molecular weight is 331 g/mol.